The molecule has 2 aliphatic heterocycles. The van der Waals surface area contributed by atoms with Crippen molar-refractivity contribution in [3.05, 3.63) is 0 Å². The summed E-state index contributed by atoms with van der Waals surface area (Å²) in [4.78, 5) is 2.57. The number of fused-ring (bicyclic) bond motifs is 1. The monoisotopic (exact) mass is 226 g/mol. The highest BCUT2D eigenvalue weighted by Crippen LogP contribution is 2.40. The van der Waals surface area contributed by atoms with Gasteiger partial charge in [-0.25, -0.2) is 0 Å². The Kier molecular flexibility index (Phi) is 3.06. The van der Waals surface area contributed by atoms with Crippen molar-refractivity contribution in [3.63, 3.8) is 0 Å². The fourth-order valence-corrected chi connectivity index (χ4v) is 3.29. The van der Waals surface area contributed by atoms with Crippen LogP contribution in [0.4, 0.5) is 0 Å². The smallest absolute Gasteiger partial charge is 0.0603 e. The Labute approximate surface area is 99.2 Å². The standard InChI is InChI=1S/C13H26N2O/c1-12(2,16)5-6-15-9-10-7-14-8-11(10)13(15,3)4/h10-11,14,16H,5-9H2,1-4H3. The topological polar surface area (TPSA) is 35.5 Å². The van der Waals surface area contributed by atoms with Gasteiger partial charge in [-0.3, -0.25) is 4.90 Å². The molecule has 2 atom stereocenters. The first-order chi connectivity index (χ1) is 7.31. The van der Waals surface area contributed by atoms with E-state index in [1.54, 1.807) is 0 Å². The van der Waals surface area contributed by atoms with E-state index < -0.39 is 5.60 Å². The number of nitrogens with one attached hydrogen (secondary N) is 1. The summed E-state index contributed by atoms with van der Waals surface area (Å²) < 4.78 is 0. The van der Waals surface area contributed by atoms with Crippen molar-refractivity contribution in [2.45, 2.75) is 45.3 Å². The highest BCUT2D eigenvalue weighted by molar-refractivity contribution is 5.04. The molecular weight excluding hydrogens is 200 g/mol. The predicted molar refractivity (Wildman–Crippen MR) is 66.4 cm³/mol. The largest absolute Gasteiger partial charge is 0.390 e. The van der Waals surface area contributed by atoms with Crippen LogP contribution < -0.4 is 5.32 Å². The second-order valence-corrected chi connectivity index (χ2v) is 6.69. The number of hydrogen-bond acceptors (Lipinski definition) is 3. The van der Waals surface area contributed by atoms with Crippen LogP contribution in [0.2, 0.25) is 0 Å². The number of likely N-dealkylation sites (tertiary alicyclic amines) is 1. The molecule has 2 heterocycles. The zero-order valence-electron chi connectivity index (χ0n) is 11.1. The average molecular weight is 226 g/mol. The zero-order chi connectivity index (χ0) is 12.0. The summed E-state index contributed by atoms with van der Waals surface area (Å²) in [6, 6.07) is 0. The van der Waals surface area contributed by atoms with Gasteiger partial charge in [0.1, 0.15) is 0 Å². The first-order valence-corrected chi connectivity index (χ1v) is 6.49. The Morgan fingerprint density at radius 2 is 2.06 bits per heavy atom. The van der Waals surface area contributed by atoms with E-state index in [-0.39, 0.29) is 0 Å². The molecule has 0 amide bonds. The van der Waals surface area contributed by atoms with Gasteiger partial charge in [0, 0.05) is 25.2 Å². The predicted octanol–water partition coefficient (Wildman–Crippen LogP) is 1.08. The van der Waals surface area contributed by atoms with Gasteiger partial charge in [-0.2, -0.15) is 0 Å². The van der Waals surface area contributed by atoms with Gasteiger partial charge < -0.3 is 10.4 Å². The van der Waals surface area contributed by atoms with Crippen LogP contribution in [0.15, 0.2) is 0 Å². The van der Waals surface area contributed by atoms with Crippen LogP contribution in [0.25, 0.3) is 0 Å². The van der Waals surface area contributed by atoms with Gasteiger partial charge in [-0.15, -0.1) is 0 Å². The summed E-state index contributed by atoms with van der Waals surface area (Å²) in [7, 11) is 0. The highest BCUT2D eigenvalue weighted by atomic mass is 16.3. The van der Waals surface area contributed by atoms with Gasteiger partial charge in [-0.05, 0) is 52.5 Å². The summed E-state index contributed by atoms with van der Waals surface area (Å²) in [5, 5.41) is 13.3. The molecule has 0 aliphatic carbocycles. The maximum atomic E-state index is 9.81. The van der Waals surface area contributed by atoms with Crippen LogP contribution in [-0.4, -0.2) is 47.3 Å². The minimum Gasteiger partial charge on any atom is -0.390 e. The summed E-state index contributed by atoms with van der Waals surface area (Å²) >= 11 is 0. The van der Waals surface area contributed by atoms with Crippen LogP contribution in [0.1, 0.15) is 34.1 Å². The fraction of sp³-hybridized carbons (Fsp3) is 1.00. The van der Waals surface area contributed by atoms with E-state index in [4.69, 9.17) is 0 Å². The Morgan fingerprint density at radius 1 is 1.38 bits per heavy atom. The minimum absolute atomic E-state index is 0.291. The van der Waals surface area contributed by atoms with Crippen molar-refractivity contribution in [2.24, 2.45) is 11.8 Å². The molecule has 0 radical (unpaired) electrons. The molecule has 2 rings (SSSR count). The summed E-state index contributed by atoms with van der Waals surface area (Å²) in [6.45, 7) is 13.1. The van der Waals surface area contributed by atoms with Crippen LogP contribution in [-0.2, 0) is 0 Å². The summed E-state index contributed by atoms with van der Waals surface area (Å²) in [5.74, 6) is 1.60. The van der Waals surface area contributed by atoms with Crippen molar-refractivity contribution in [1.29, 1.82) is 0 Å². The Bertz CT molecular complexity index is 257. The number of nitrogens with zero attached hydrogens (tertiary/aromatic N) is 1. The van der Waals surface area contributed by atoms with Crippen molar-refractivity contribution in [1.82, 2.24) is 10.2 Å². The molecule has 0 bridgehead atoms. The lowest BCUT2D eigenvalue weighted by atomic mass is 9.84. The third kappa shape index (κ3) is 2.27. The molecule has 2 unspecified atom stereocenters. The van der Waals surface area contributed by atoms with Gasteiger partial charge in [0.2, 0.25) is 0 Å². The van der Waals surface area contributed by atoms with Crippen molar-refractivity contribution in [2.75, 3.05) is 26.2 Å². The lowest BCUT2D eigenvalue weighted by molar-refractivity contribution is 0.0431. The second-order valence-electron chi connectivity index (χ2n) is 6.69. The van der Waals surface area contributed by atoms with Gasteiger partial charge in [-0.1, -0.05) is 0 Å². The first kappa shape index (κ1) is 12.3. The van der Waals surface area contributed by atoms with Crippen LogP contribution in [0.3, 0.4) is 0 Å². The second kappa shape index (κ2) is 3.97. The number of aliphatic hydroxyl groups is 1. The van der Waals surface area contributed by atoms with E-state index in [1.165, 1.54) is 13.1 Å². The average Bonchev–Trinajstić information content (AvgIpc) is 2.65. The van der Waals surface area contributed by atoms with Gasteiger partial charge in [0.05, 0.1) is 5.60 Å². The molecule has 0 saturated carbocycles. The molecule has 2 fully saturated rings. The van der Waals surface area contributed by atoms with Crippen LogP contribution in [0, 0.1) is 11.8 Å². The van der Waals surface area contributed by atoms with Crippen molar-refractivity contribution >= 4 is 0 Å². The Morgan fingerprint density at radius 3 is 2.62 bits per heavy atom. The van der Waals surface area contributed by atoms with E-state index >= 15 is 0 Å². The molecule has 16 heavy (non-hydrogen) atoms. The third-order valence-electron chi connectivity index (χ3n) is 4.51. The Balaban J connectivity index is 1.96. The molecule has 0 aromatic rings. The minimum atomic E-state index is -0.536. The summed E-state index contributed by atoms with van der Waals surface area (Å²) in [6.07, 6.45) is 0.864. The quantitative estimate of drug-likeness (QED) is 0.756. The summed E-state index contributed by atoms with van der Waals surface area (Å²) in [5.41, 5.74) is -0.245. The lowest BCUT2D eigenvalue weighted by Crippen LogP contribution is -2.46. The highest BCUT2D eigenvalue weighted by Gasteiger charge is 2.49. The number of hydrogen-bond donors (Lipinski definition) is 2. The maximum Gasteiger partial charge on any atom is 0.0603 e. The third-order valence-corrected chi connectivity index (χ3v) is 4.51. The zero-order valence-corrected chi connectivity index (χ0v) is 11.1. The first-order valence-electron chi connectivity index (χ1n) is 6.49. The molecule has 0 spiro atoms. The van der Waals surface area contributed by atoms with Crippen molar-refractivity contribution in [3.8, 4) is 0 Å². The van der Waals surface area contributed by atoms with Crippen LogP contribution >= 0.6 is 0 Å². The molecular formula is C13H26N2O. The molecule has 2 saturated heterocycles. The van der Waals surface area contributed by atoms with Gasteiger partial charge >= 0.3 is 0 Å². The van der Waals surface area contributed by atoms with Crippen LogP contribution in [0.5, 0.6) is 0 Å². The van der Waals surface area contributed by atoms with E-state index in [0.717, 1.165) is 31.3 Å². The molecule has 0 aromatic heterocycles. The molecule has 94 valence electrons. The van der Waals surface area contributed by atoms with E-state index in [0.29, 0.717) is 5.54 Å². The van der Waals surface area contributed by atoms with E-state index in [2.05, 4.69) is 24.1 Å². The molecule has 0 aromatic carbocycles. The van der Waals surface area contributed by atoms with Crippen molar-refractivity contribution < 1.29 is 5.11 Å². The van der Waals surface area contributed by atoms with E-state index in [9.17, 15) is 5.11 Å². The van der Waals surface area contributed by atoms with E-state index in [1.807, 2.05) is 13.8 Å². The fourth-order valence-electron chi connectivity index (χ4n) is 3.29. The van der Waals surface area contributed by atoms with Gasteiger partial charge in [0.15, 0.2) is 0 Å². The normalized spacial score (nSPS) is 34.3. The SMILES string of the molecule is CC(C)(O)CCN1CC2CNCC2C1(C)C. The molecule has 3 heteroatoms. The molecule has 2 aliphatic rings. The Hall–Kier alpha value is -0.120. The maximum absolute atomic E-state index is 9.81. The lowest BCUT2D eigenvalue weighted by Gasteiger charge is -2.36. The molecule has 3 nitrogen and oxygen atoms in total. The molecule has 2 N–H and O–H groups in total. The number of rotatable bonds is 3. The van der Waals surface area contributed by atoms with Gasteiger partial charge in [0.25, 0.3) is 0 Å².